The first-order valence-corrected chi connectivity index (χ1v) is 9.52. The summed E-state index contributed by atoms with van der Waals surface area (Å²) in [6, 6.07) is 8.89. The first kappa shape index (κ1) is 18.1. The summed E-state index contributed by atoms with van der Waals surface area (Å²) in [5.41, 5.74) is 1.37. The van der Waals surface area contributed by atoms with E-state index in [1.54, 1.807) is 24.4 Å². The highest BCUT2D eigenvalue weighted by molar-refractivity contribution is 5.95. The van der Waals surface area contributed by atoms with Crippen LogP contribution in [0.3, 0.4) is 0 Å². The summed E-state index contributed by atoms with van der Waals surface area (Å²) in [5.74, 6) is 1.04. The van der Waals surface area contributed by atoms with Crippen molar-refractivity contribution in [3.63, 3.8) is 0 Å². The van der Waals surface area contributed by atoms with Crippen LogP contribution >= 0.6 is 0 Å². The van der Waals surface area contributed by atoms with Crippen molar-refractivity contribution in [3.8, 4) is 5.75 Å². The number of ether oxygens (including phenoxy) is 2. The topological polar surface area (TPSA) is 120 Å². The number of aromatic nitrogens is 3. The van der Waals surface area contributed by atoms with Gasteiger partial charge in [0.1, 0.15) is 18.2 Å². The van der Waals surface area contributed by atoms with Gasteiger partial charge in [0.2, 0.25) is 5.62 Å². The van der Waals surface area contributed by atoms with Crippen molar-refractivity contribution in [1.29, 1.82) is 0 Å². The molecule has 1 saturated heterocycles. The summed E-state index contributed by atoms with van der Waals surface area (Å²) in [4.78, 5) is 36.5. The number of benzene rings is 1. The van der Waals surface area contributed by atoms with Gasteiger partial charge < -0.3 is 20.1 Å². The van der Waals surface area contributed by atoms with E-state index in [0.29, 0.717) is 35.5 Å². The summed E-state index contributed by atoms with van der Waals surface area (Å²) in [6.07, 6.45) is 2.31. The molecular formula is C20H18N6O4. The van der Waals surface area contributed by atoms with E-state index in [0.717, 1.165) is 17.7 Å². The first-order chi connectivity index (χ1) is 14.7. The number of nitrogens with one attached hydrogen (secondary N) is 2. The molecule has 2 aliphatic rings. The largest absolute Gasteiger partial charge is 0.490 e. The molecule has 1 fully saturated rings. The number of carbonyl (C=O) groups excluding carboxylic acids is 2. The van der Waals surface area contributed by atoms with E-state index in [-0.39, 0.29) is 12.7 Å². The number of alkyl carbamates (subject to hydrolysis) is 1. The lowest BCUT2D eigenvalue weighted by Crippen LogP contribution is -2.25. The SMILES string of the molecule is O=C1NCC(COc2ccc3c4n(c(=NC(=O)c5cccnc5)nc3c2)CCN4)O1. The zero-order chi connectivity index (χ0) is 20.5. The summed E-state index contributed by atoms with van der Waals surface area (Å²) >= 11 is 0. The standard InChI is InChI=1S/C20H18N6O4/c27-18(12-2-1-5-21-9-12)25-19-24-16-8-13(29-11-14-10-23-20(28)30-14)3-4-15(16)17-22-6-7-26(17)19/h1-5,8-9,14,22H,6-7,10-11H2,(H,23,28). The Kier molecular flexibility index (Phi) is 4.51. The molecule has 2 N–H and O–H groups in total. The van der Waals surface area contributed by atoms with Gasteiger partial charge in [0.15, 0.2) is 6.10 Å². The Bertz CT molecular complexity index is 1210. The van der Waals surface area contributed by atoms with E-state index in [1.165, 1.54) is 6.20 Å². The molecule has 10 nitrogen and oxygen atoms in total. The highest BCUT2D eigenvalue weighted by Crippen LogP contribution is 2.26. The Morgan fingerprint density at radius 2 is 2.27 bits per heavy atom. The van der Waals surface area contributed by atoms with Crippen LogP contribution in [-0.4, -0.2) is 52.3 Å². The minimum Gasteiger partial charge on any atom is -0.490 e. The molecule has 30 heavy (non-hydrogen) atoms. The van der Waals surface area contributed by atoms with Gasteiger partial charge >= 0.3 is 6.09 Å². The molecule has 4 heterocycles. The van der Waals surface area contributed by atoms with Crippen LogP contribution < -0.4 is 21.0 Å². The molecule has 1 unspecified atom stereocenters. The first-order valence-electron chi connectivity index (χ1n) is 9.52. The van der Waals surface area contributed by atoms with E-state index in [2.05, 4.69) is 25.6 Å². The number of anilines is 1. The van der Waals surface area contributed by atoms with Crippen LogP contribution in [0.4, 0.5) is 10.6 Å². The third-order valence-electron chi connectivity index (χ3n) is 4.88. The summed E-state index contributed by atoms with van der Waals surface area (Å²) in [7, 11) is 0. The fourth-order valence-corrected chi connectivity index (χ4v) is 3.44. The lowest BCUT2D eigenvalue weighted by molar-refractivity contribution is 0.0995. The average Bonchev–Trinajstić information content (AvgIpc) is 3.42. The number of pyridine rings is 1. The normalized spacial score (nSPS) is 17.9. The van der Waals surface area contributed by atoms with E-state index in [1.807, 2.05) is 16.7 Å². The van der Waals surface area contributed by atoms with E-state index in [9.17, 15) is 9.59 Å². The maximum absolute atomic E-state index is 12.5. The Morgan fingerprint density at radius 3 is 3.07 bits per heavy atom. The number of carbonyl (C=O) groups is 2. The fourth-order valence-electron chi connectivity index (χ4n) is 3.44. The molecule has 5 rings (SSSR count). The van der Waals surface area contributed by atoms with Crippen LogP contribution in [0.25, 0.3) is 10.9 Å². The van der Waals surface area contributed by atoms with E-state index in [4.69, 9.17) is 9.47 Å². The molecule has 0 aliphatic carbocycles. The monoisotopic (exact) mass is 406 g/mol. The van der Waals surface area contributed by atoms with Crippen LogP contribution in [0.1, 0.15) is 10.4 Å². The molecular weight excluding hydrogens is 388 g/mol. The van der Waals surface area contributed by atoms with E-state index < -0.39 is 12.0 Å². The van der Waals surface area contributed by atoms with Crippen LogP contribution in [-0.2, 0) is 11.3 Å². The lowest BCUT2D eigenvalue weighted by atomic mass is 10.2. The summed E-state index contributed by atoms with van der Waals surface area (Å²) in [5, 5.41) is 6.82. The van der Waals surface area contributed by atoms with Crippen molar-refractivity contribution in [3.05, 3.63) is 53.9 Å². The molecule has 1 atom stereocenters. The van der Waals surface area contributed by atoms with Gasteiger partial charge in [-0.25, -0.2) is 9.78 Å². The maximum Gasteiger partial charge on any atom is 0.407 e. The molecule has 2 aliphatic heterocycles. The Labute approximate surface area is 170 Å². The summed E-state index contributed by atoms with van der Waals surface area (Å²) in [6.45, 7) is 2.04. The van der Waals surface area contributed by atoms with Gasteiger partial charge in [0, 0.05) is 36.9 Å². The van der Waals surface area contributed by atoms with Gasteiger partial charge in [-0.1, -0.05) is 0 Å². The second kappa shape index (κ2) is 7.47. The third-order valence-corrected chi connectivity index (χ3v) is 4.88. The Balaban J connectivity index is 1.49. The number of fused-ring (bicyclic) bond motifs is 3. The predicted molar refractivity (Wildman–Crippen MR) is 106 cm³/mol. The van der Waals surface area contributed by atoms with Crippen molar-refractivity contribution >= 4 is 28.7 Å². The van der Waals surface area contributed by atoms with Gasteiger partial charge in [0.25, 0.3) is 5.91 Å². The van der Waals surface area contributed by atoms with E-state index >= 15 is 0 Å². The van der Waals surface area contributed by atoms with Gasteiger partial charge in [-0.2, -0.15) is 4.99 Å². The molecule has 0 spiro atoms. The van der Waals surface area contributed by atoms with Gasteiger partial charge in [-0.15, -0.1) is 0 Å². The average molecular weight is 406 g/mol. The van der Waals surface area contributed by atoms with Crippen LogP contribution in [0.15, 0.2) is 47.7 Å². The zero-order valence-corrected chi connectivity index (χ0v) is 15.9. The predicted octanol–water partition coefficient (Wildman–Crippen LogP) is 1.09. The molecule has 10 heteroatoms. The van der Waals surface area contributed by atoms with Crippen molar-refractivity contribution < 1.29 is 19.1 Å². The quantitative estimate of drug-likeness (QED) is 0.665. The zero-order valence-electron chi connectivity index (χ0n) is 15.9. The van der Waals surface area contributed by atoms with Gasteiger partial charge in [-0.05, 0) is 24.3 Å². The smallest absolute Gasteiger partial charge is 0.407 e. The van der Waals surface area contributed by atoms with Crippen molar-refractivity contribution in [1.82, 2.24) is 19.9 Å². The second-order valence-corrected chi connectivity index (χ2v) is 6.90. The Hall–Kier alpha value is -3.95. The van der Waals surface area contributed by atoms with Crippen LogP contribution in [0, 0.1) is 0 Å². The molecule has 0 saturated carbocycles. The van der Waals surface area contributed by atoms with Crippen molar-refractivity contribution in [2.75, 3.05) is 25.0 Å². The van der Waals surface area contributed by atoms with Crippen LogP contribution in [0.5, 0.6) is 5.75 Å². The molecule has 152 valence electrons. The highest BCUT2D eigenvalue weighted by Gasteiger charge is 2.23. The fraction of sp³-hybridized carbons (Fsp3) is 0.250. The highest BCUT2D eigenvalue weighted by atomic mass is 16.6. The molecule has 3 aromatic rings. The third kappa shape index (κ3) is 3.43. The molecule has 2 amide bonds. The van der Waals surface area contributed by atoms with Crippen molar-refractivity contribution in [2.45, 2.75) is 12.6 Å². The maximum atomic E-state index is 12.5. The summed E-state index contributed by atoms with van der Waals surface area (Å²) < 4.78 is 12.7. The minimum absolute atomic E-state index is 0.235. The molecule has 0 radical (unpaired) electrons. The minimum atomic E-state index is -0.438. The lowest BCUT2D eigenvalue weighted by Gasteiger charge is -2.12. The second-order valence-electron chi connectivity index (χ2n) is 6.90. The van der Waals surface area contributed by atoms with Crippen LogP contribution in [0.2, 0.25) is 0 Å². The van der Waals surface area contributed by atoms with Gasteiger partial charge in [0.05, 0.1) is 17.6 Å². The number of nitrogens with zero attached hydrogens (tertiary/aromatic N) is 4. The molecule has 1 aromatic carbocycles. The van der Waals surface area contributed by atoms with Crippen molar-refractivity contribution in [2.24, 2.45) is 4.99 Å². The number of hydrogen-bond acceptors (Lipinski definition) is 7. The van der Waals surface area contributed by atoms with Gasteiger partial charge in [-0.3, -0.25) is 14.3 Å². The molecule has 0 bridgehead atoms. The Morgan fingerprint density at radius 1 is 1.33 bits per heavy atom. The molecule has 2 aromatic heterocycles. The number of cyclic esters (lactones) is 1. The number of amides is 2. The number of rotatable bonds is 4. The number of hydrogen-bond donors (Lipinski definition) is 2.